The van der Waals surface area contributed by atoms with Crippen LogP contribution in [0.25, 0.3) is 0 Å². The van der Waals surface area contributed by atoms with E-state index in [0.717, 1.165) is 22.2 Å². The van der Waals surface area contributed by atoms with Crippen LogP contribution in [0.4, 0.5) is 11.5 Å². The Balaban J connectivity index is 1.79. The monoisotopic (exact) mass is 399 g/mol. The van der Waals surface area contributed by atoms with Gasteiger partial charge in [0.1, 0.15) is 18.2 Å². The summed E-state index contributed by atoms with van der Waals surface area (Å²) in [5.74, 6) is 1.47. The molecule has 1 aromatic carbocycles. The van der Waals surface area contributed by atoms with E-state index in [2.05, 4.69) is 31.0 Å². The predicted octanol–water partition coefficient (Wildman–Crippen LogP) is 3.01. The van der Waals surface area contributed by atoms with Gasteiger partial charge in [0, 0.05) is 10.2 Å². The van der Waals surface area contributed by atoms with Crippen LogP contribution in [0, 0.1) is 6.92 Å². The number of hydrogen-bond donors (Lipinski definition) is 2. The minimum absolute atomic E-state index is 0.468. The Morgan fingerprint density at radius 2 is 1.87 bits per heavy atom. The van der Waals surface area contributed by atoms with Gasteiger partial charge in [-0.05, 0) is 59.3 Å². The van der Waals surface area contributed by atoms with Crippen molar-refractivity contribution < 1.29 is 13.2 Å². The lowest BCUT2D eigenvalue weighted by atomic mass is 10.3. The van der Waals surface area contributed by atoms with E-state index in [9.17, 15) is 8.42 Å². The first kappa shape index (κ1) is 17.6. The Morgan fingerprint density at radius 3 is 2.48 bits per heavy atom. The zero-order valence-corrected chi connectivity index (χ0v) is 15.2. The Kier molecular flexibility index (Phi) is 5.84. The van der Waals surface area contributed by atoms with Gasteiger partial charge >= 0.3 is 0 Å². The summed E-state index contributed by atoms with van der Waals surface area (Å²) < 4.78 is 31.2. The van der Waals surface area contributed by atoms with Gasteiger partial charge in [0.15, 0.2) is 0 Å². The number of nitrogens with zero attached hydrogens (tertiary/aromatic N) is 1. The lowest BCUT2D eigenvalue weighted by Crippen LogP contribution is -2.12. The molecule has 0 radical (unpaired) electrons. The quantitative estimate of drug-likeness (QED) is 0.699. The van der Waals surface area contributed by atoms with Crippen molar-refractivity contribution in [1.82, 2.24) is 4.98 Å². The molecule has 2 aromatic rings. The molecule has 0 fully saturated rings. The van der Waals surface area contributed by atoms with E-state index in [1.54, 1.807) is 24.3 Å². The topological polar surface area (TPSA) is 80.3 Å². The summed E-state index contributed by atoms with van der Waals surface area (Å²) in [7, 11) is -3.26. The molecule has 0 bridgehead atoms. The summed E-state index contributed by atoms with van der Waals surface area (Å²) in [5.41, 5.74) is 1.43. The minimum atomic E-state index is -3.26. The van der Waals surface area contributed by atoms with Crippen LogP contribution in [-0.4, -0.2) is 32.8 Å². The summed E-state index contributed by atoms with van der Waals surface area (Å²) in [6.07, 6.45) is 1.11. The highest BCUT2D eigenvalue weighted by atomic mass is 79.9. The normalized spacial score (nSPS) is 11.1. The highest BCUT2D eigenvalue weighted by molar-refractivity contribution is 9.10. The molecule has 0 amide bonds. The maximum Gasteiger partial charge on any atom is 0.229 e. The molecule has 0 saturated carbocycles. The van der Waals surface area contributed by atoms with Crippen LogP contribution in [0.3, 0.4) is 0 Å². The number of aromatic nitrogens is 1. The van der Waals surface area contributed by atoms with E-state index < -0.39 is 10.0 Å². The van der Waals surface area contributed by atoms with Crippen LogP contribution < -0.4 is 14.8 Å². The van der Waals surface area contributed by atoms with Gasteiger partial charge in [-0.15, -0.1) is 0 Å². The predicted molar refractivity (Wildman–Crippen MR) is 95.6 cm³/mol. The van der Waals surface area contributed by atoms with Crippen molar-refractivity contribution in [1.29, 1.82) is 0 Å². The first-order chi connectivity index (χ1) is 10.8. The van der Waals surface area contributed by atoms with Gasteiger partial charge in [-0.25, -0.2) is 13.4 Å². The number of sulfonamides is 1. The summed E-state index contributed by atoms with van der Waals surface area (Å²) >= 11 is 3.41. The zero-order valence-electron chi connectivity index (χ0n) is 12.8. The average molecular weight is 400 g/mol. The smallest absolute Gasteiger partial charge is 0.229 e. The number of ether oxygens (including phenoxy) is 1. The highest BCUT2D eigenvalue weighted by Crippen LogP contribution is 2.17. The number of nitrogens with one attached hydrogen (secondary N) is 2. The number of aryl methyl sites for hydroxylation is 1. The van der Waals surface area contributed by atoms with Crippen molar-refractivity contribution in [3.05, 3.63) is 46.6 Å². The molecule has 0 aliphatic carbocycles. The summed E-state index contributed by atoms with van der Waals surface area (Å²) in [6, 6.07) is 10.6. The second-order valence-electron chi connectivity index (χ2n) is 4.94. The van der Waals surface area contributed by atoms with E-state index >= 15 is 0 Å². The second-order valence-corrected chi connectivity index (χ2v) is 7.54. The summed E-state index contributed by atoms with van der Waals surface area (Å²) in [6.45, 7) is 3.00. The Bertz CT molecular complexity index is 764. The second kappa shape index (κ2) is 7.65. The maximum atomic E-state index is 11.1. The van der Waals surface area contributed by atoms with Crippen LogP contribution in [0.1, 0.15) is 5.69 Å². The first-order valence-electron chi connectivity index (χ1n) is 6.91. The van der Waals surface area contributed by atoms with Crippen LogP contribution >= 0.6 is 15.9 Å². The summed E-state index contributed by atoms with van der Waals surface area (Å²) in [5, 5.41) is 3.18. The van der Waals surface area contributed by atoms with Gasteiger partial charge in [0.25, 0.3) is 0 Å². The first-order valence-corrected chi connectivity index (χ1v) is 9.59. The molecule has 0 aliphatic heterocycles. The Labute approximate surface area is 144 Å². The van der Waals surface area contributed by atoms with Crippen molar-refractivity contribution >= 4 is 37.5 Å². The lowest BCUT2D eigenvalue weighted by molar-refractivity contribution is 0.333. The summed E-state index contributed by atoms with van der Waals surface area (Å²) in [4.78, 5) is 4.38. The molecule has 0 unspecified atom stereocenters. The van der Waals surface area contributed by atoms with Gasteiger partial charge < -0.3 is 10.1 Å². The maximum absolute atomic E-state index is 11.1. The van der Waals surface area contributed by atoms with Crippen LogP contribution in [0.5, 0.6) is 5.75 Å². The SMILES string of the molecule is Cc1nc(NCCOc2ccc(NS(C)(=O)=O)cc2)ccc1Br. The van der Waals surface area contributed by atoms with Crippen LogP contribution in [-0.2, 0) is 10.0 Å². The fourth-order valence-electron chi connectivity index (χ4n) is 1.82. The standard InChI is InChI=1S/C15H18BrN3O3S/c1-11-14(16)7-8-15(18-11)17-9-10-22-13-5-3-12(4-6-13)19-23(2,20)21/h3-8,19H,9-10H2,1-2H3,(H,17,18). The fourth-order valence-corrected chi connectivity index (χ4v) is 2.61. The molecule has 124 valence electrons. The van der Waals surface area contributed by atoms with Gasteiger partial charge in [0.05, 0.1) is 18.5 Å². The lowest BCUT2D eigenvalue weighted by Gasteiger charge is -2.10. The van der Waals surface area contributed by atoms with E-state index in [4.69, 9.17) is 4.74 Å². The molecular weight excluding hydrogens is 382 g/mol. The molecular formula is C15H18BrN3O3S. The van der Waals surface area contributed by atoms with E-state index in [1.165, 1.54) is 0 Å². The number of hydrogen-bond acceptors (Lipinski definition) is 5. The average Bonchev–Trinajstić information content (AvgIpc) is 2.47. The van der Waals surface area contributed by atoms with Crippen molar-refractivity contribution in [3.63, 3.8) is 0 Å². The van der Waals surface area contributed by atoms with Gasteiger partial charge in [-0.2, -0.15) is 0 Å². The molecule has 1 aromatic heterocycles. The molecule has 23 heavy (non-hydrogen) atoms. The third kappa shape index (κ3) is 6.07. The van der Waals surface area contributed by atoms with Crippen LogP contribution in [0.15, 0.2) is 40.9 Å². The molecule has 0 atom stereocenters. The molecule has 1 heterocycles. The van der Waals surface area contributed by atoms with Gasteiger partial charge in [-0.3, -0.25) is 4.72 Å². The van der Waals surface area contributed by atoms with Crippen molar-refractivity contribution in [3.8, 4) is 5.75 Å². The minimum Gasteiger partial charge on any atom is -0.492 e. The van der Waals surface area contributed by atoms with Crippen molar-refractivity contribution in [2.24, 2.45) is 0 Å². The van der Waals surface area contributed by atoms with Gasteiger partial charge in [-0.1, -0.05) is 0 Å². The van der Waals surface area contributed by atoms with Gasteiger partial charge in [0.2, 0.25) is 10.0 Å². The molecule has 6 nitrogen and oxygen atoms in total. The molecule has 2 N–H and O–H groups in total. The number of benzene rings is 1. The number of halogens is 1. The molecule has 0 saturated heterocycles. The van der Waals surface area contributed by atoms with Crippen LogP contribution in [0.2, 0.25) is 0 Å². The molecule has 0 spiro atoms. The van der Waals surface area contributed by atoms with Crippen molar-refractivity contribution in [2.45, 2.75) is 6.92 Å². The Hall–Kier alpha value is -1.80. The van der Waals surface area contributed by atoms with E-state index in [-0.39, 0.29) is 0 Å². The number of anilines is 2. The van der Waals surface area contributed by atoms with Crippen molar-refractivity contribution in [2.75, 3.05) is 29.4 Å². The highest BCUT2D eigenvalue weighted by Gasteiger charge is 2.02. The largest absolute Gasteiger partial charge is 0.492 e. The third-order valence-corrected chi connectivity index (χ3v) is 4.30. The molecule has 0 aliphatic rings. The molecule has 8 heteroatoms. The molecule has 2 rings (SSSR count). The Morgan fingerprint density at radius 1 is 1.17 bits per heavy atom. The fraction of sp³-hybridized carbons (Fsp3) is 0.267. The number of rotatable bonds is 7. The van der Waals surface area contributed by atoms with E-state index in [0.29, 0.717) is 24.6 Å². The van der Waals surface area contributed by atoms with E-state index in [1.807, 2.05) is 19.1 Å². The zero-order chi connectivity index (χ0) is 16.9. The third-order valence-electron chi connectivity index (χ3n) is 2.86. The number of pyridine rings is 1.